The molecular weight excluding hydrogens is 265 g/mol. The number of ether oxygens (including phenoxy) is 1. The summed E-state index contributed by atoms with van der Waals surface area (Å²) in [5, 5.41) is 0. The van der Waals surface area contributed by atoms with Crippen LogP contribution >= 0.6 is 22.6 Å². The van der Waals surface area contributed by atoms with Crippen molar-refractivity contribution in [3.8, 4) is 12.3 Å². The van der Waals surface area contributed by atoms with Crippen molar-refractivity contribution in [2.24, 2.45) is 0 Å². The molecule has 0 spiro atoms. The van der Waals surface area contributed by atoms with E-state index in [1.807, 2.05) is 0 Å². The van der Waals surface area contributed by atoms with Gasteiger partial charge >= 0.3 is 0 Å². The number of alkyl halides is 1. The van der Waals surface area contributed by atoms with Crippen molar-refractivity contribution < 1.29 is 4.74 Å². The van der Waals surface area contributed by atoms with Gasteiger partial charge in [0.1, 0.15) is 6.61 Å². The number of halogens is 1. The molecule has 1 atom stereocenters. The number of hydrogen-bond donors (Lipinski definition) is 0. The second kappa shape index (κ2) is 5.79. The Kier molecular flexibility index (Phi) is 4.96. The minimum atomic E-state index is 0.444. The van der Waals surface area contributed by atoms with Gasteiger partial charge in [0.2, 0.25) is 0 Å². The third kappa shape index (κ3) is 3.30. The van der Waals surface area contributed by atoms with Crippen molar-refractivity contribution in [1.82, 2.24) is 4.90 Å². The van der Waals surface area contributed by atoms with Crippen LogP contribution in [0.2, 0.25) is 0 Å². The zero-order valence-electron chi connectivity index (χ0n) is 7.13. The topological polar surface area (TPSA) is 12.5 Å². The Bertz CT molecular complexity index is 166. The summed E-state index contributed by atoms with van der Waals surface area (Å²) >= 11 is 2.49. The Balaban J connectivity index is 2.03. The Labute approximate surface area is 87.8 Å². The Hall–Kier alpha value is 0.210. The van der Waals surface area contributed by atoms with Crippen molar-refractivity contribution in [2.75, 3.05) is 26.3 Å². The number of hydrogen-bond acceptors (Lipinski definition) is 2. The summed E-state index contributed by atoms with van der Waals surface area (Å²) in [6, 6.07) is 0. The molecule has 1 aliphatic heterocycles. The quantitative estimate of drug-likeness (QED) is 0.254. The van der Waals surface area contributed by atoms with E-state index < -0.39 is 0 Å². The molecule has 0 amide bonds. The van der Waals surface area contributed by atoms with E-state index >= 15 is 0 Å². The highest BCUT2D eigenvalue weighted by atomic mass is 127. The van der Waals surface area contributed by atoms with Gasteiger partial charge in [-0.05, 0) is 19.4 Å². The molecular formula is C9H14INO. The smallest absolute Gasteiger partial charge is 0.107 e. The van der Waals surface area contributed by atoms with Gasteiger partial charge in [0, 0.05) is 6.54 Å². The predicted octanol–water partition coefficient (Wildman–Crippen LogP) is 1.49. The second-order valence-corrected chi connectivity index (χ2v) is 4.31. The van der Waals surface area contributed by atoms with Gasteiger partial charge in [-0.3, -0.25) is 4.90 Å². The van der Waals surface area contributed by atoms with Crippen molar-refractivity contribution >= 4 is 22.6 Å². The fourth-order valence-electron chi connectivity index (χ4n) is 1.35. The number of terminal acetylenes is 1. The molecule has 0 aromatic rings. The van der Waals surface area contributed by atoms with Crippen LogP contribution in [-0.2, 0) is 4.74 Å². The molecule has 1 unspecified atom stereocenters. The minimum absolute atomic E-state index is 0.444. The van der Waals surface area contributed by atoms with Crippen LogP contribution in [0.25, 0.3) is 0 Å². The van der Waals surface area contributed by atoms with E-state index in [0.29, 0.717) is 10.7 Å². The lowest BCUT2D eigenvalue weighted by atomic mass is 10.4. The Morgan fingerprint density at radius 3 is 3.08 bits per heavy atom. The highest BCUT2D eigenvalue weighted by Crippen LogP contribution is 2.21. The lowest BCUT2D eigenvalue weighted by Gasteiger charge is -2.18. The maximum Gasteiger partial charge on any atom is 0.107 e. The normalized spacial score (nSPS) is 24.2. The van der Waals surface area contributed by atoms with Crippen molar-refractivity contribution in [1.29, 1.82) is 0 Å². The molecule has 1 aliphatic rings. The molecule has 1 fully saturated rings. The Morgan fingerprint density at radius 1 is 1.67 bits per heavy atom. The summed E-state index contributed by atoms with van der Waals surface area (Å²) in [4.78, 5) is 2.44. The number of likely N-dealkylation sites (tertiary alicyclic amines) is 1. The standard InChI is InChI=1S/C9H14INO/c1-2-7-12-8-6-11-5-3-4-9(11)10/h1,9H,3-8H2. The third-order valence-electron chi connectivity index (χ3n) is 1.99. The summed E-state index contributed by atoms with van der Waals surface area (Å²) in [6.45, 7) is 3.45. The fraction of sp³-hybridized carbons (Fsp3) is 0.778. The Morgan fingerprint density at radius 2 is 2.50 bits per heavy atom. The van der Waals surface area contributed by atoms with Gasteiger partial charge in [-0.15, -0.1) is 6.42 Å². The summed E-state index contributed by atoms with van der Waals surface area (Å²) in [5.74, 6) is 2.46. The van der Waals surface area contributed by atoms with Gasteiger partial charge in [0.15, 0.2) is 0 Å². The van der Waals surface area contributed by atoms with Crippen LogP contribution in [0.5, 0.6) is 0 Å². The van der Waals surface area contributed by atoms with Crippen LogP contribution < -0.4 is 0 Å². The van der Waals surface area contributed by atoms with Crippen molar-refractivity contribution in [3.05, 3.63) is 0 Å². The van der Waals surface area contributed by atoms with E-state index in [9.17, 15) is 0 Å². The van der Waals surface area contributed by atoms with Gasteiger partial charge < -0.3 is 4.74 Å². The molecule has 0 aromatic carbocycles. The monoisotopic (exact) mass is 279 g/mol. The fourth-order valence-corrected chi connectivity index (χ4v) is 2.35. The molecule has 1 rings (SSSR count). The second-order valence-electron chi connectivity index (χ2n) is 2.87. The lowest BCUT2D eigenvalue weighted by Crippen LogP contribution is -2.28. The van der Waals surface area contributed by atoms with E-state index in [1.54, 1.807) is 0 Å². The van der Waals surface area contributed by atoms with Gasteiger partial charge in [0.05, 0.1) is 10.7 Å². The van der Waals surface area contributed by atoms with E-state index in [2.05, 4.69) is 33.4 Å². The van der Waals surface area contributed by atoms with Crippen LogP contribution in [0.3, 0.4) is 0 Å². The van der Waals surface area contributed by atoms with Crippen molar-refractivity contribution in [2.45, 2.75) is 16.9 Å². The first-order valence-electron chi connectivity index (χ1n) is 4.24. The summed E-state index contributed by atoms with van der Waals surface area (Å²) in [6.07, 6.45) is 7.70. The van der Waals surface area contributed by atoms with Gasteiger partial charge in [0.25, 0.3) is 0 Å². The van der Waals surface area contributed by atoms with Crippen LogP contribution in [0, 0.1) is 12.3 Å². The maximum absolute atomic E-state index is 5.21. The van der Waals surface area contributed by atoms with Gasteiger partial charge in [-0.1, -0.05) is 28.5 Å². The lowest BCUT2D eigenvalue weighted by molar-refractivity contribution is 0.135. The van der Waals surface area contributed by atoms with Crippen LogP contribution in [0.15, 0.2) is 0 Å². The SMILES string of the molecule is C#CCOCCN1CCCC1I. The minimum Gasteiger partial charge on any atom is -0.367 e. The maximum atomic E-state index is 5.21. The molecule has 0 bridgehead atoms. The van der Waals surface area contributed by atoms with Crippen LogP contribution in [0.4, 0.5) is 0 Å². The molecule has 2 nitrogen and oxygen atoms in total. The van der Waals surface area contributed by atoms with E-state index in [0.717, 1.165) is 13.2 Å². The van der Waals surface area contributed by atoms with Crippen LogP contribution in [-0.4, -0.2) is 35.3 Å². The third-order valence-corrected chi connectivity index (χ3v) is 3.40. The molecule has 3 heteroatoms. The van der Waals surface area contributed by atoms with E-state index in [1.165, 1.54) is 19.4 Å². The first kappa shape index (κ1) is 10.3. The number of nitrogens with zero attached hydrogens (tertiary/aromatic N) is 1. The molecule has 0 N–H and O–H groups in total. The molecule has 1 heterocycles. The molecule has 68 valence electrons. The molecule has 0 saturated carbocycles. The zero-order chi connectivity index (χ0) is 8.81. The summed E-state index contributed by atoms with van der Waals surface area (Å²) < 4.78 is 5.92. The van der Waals surface area contributed by atoms with Crippen LogP contribution in [0.1, 0.15) is 12.8 Å². The highest BCUT2D eigenvalue weighted by molar-refractivity contribution is 14.1. The summed E-state index contributed by atoms with van der Waals surface area (Å²) in [5.41, 5.74) is 0. The molecule has 0 aromatic heterocycles. The largest absolute Gasteiger partial charge is 0.367 e. The average Bonchev–Trinajstić information content (AvgIpc) is 2.46. The predicted molar refractivity (Wildman–Crippen MR) is 58.3 cm³/mol. The summed E-state index contributed by atoms with van der Waals surface area (Å²) in [7, 11) is 0. The molecule has 0 aliphatic carbocycles. The molecule has 0 radical (unpaired) electrons. The van der Waals surface area contributed by atoms with Crippen molar-refractivity contribution in [3.63, 3.8) is 0 Å². The van der Waals surface area contributed by atoms with Gasteiger partial charge in [-0.25, -0.2) is 0 Å². The highest BCUT2D eigenvalue weighted by Gasteiger charge is 2.20. The molecule has 12 heavy (non-hydrogen) atoms. The number of rotatable bonds is 4. The van der Waals surface area contributed by atoms with Gasteiger partial charge in [-0.2, -0.15) is 0 Å². The average molecular weight is 279 g/mol. The first-order valence-corrected chi connectivity index (χ1v) is 5.48. The molecule has 1 saturated heterocycles. The first-order chi connectivity index (χ1) is 5.84. The zero-order valence-corrected chi connectivity index (χ0v) is 9.29. The van der Waals surface area contributed by atoms with E-state index in [-0.39, 0.29) is 0 Å². The van der Waals surface area contributed by atoms with E-state index in [4.69, 9.17) is 11.2 Å².